The van der Waals surface area contributed by atoms with E-state index in [1.165, 1.54) is 0 Å². The van der Waals surface area contributed by atoms with Gasteiger partial charge in [-0.3, -0.25) is 9.59 Å². The number of benzene rings is 1. The number of Topliss-reactive ketones (excluding diaryl/α,β-unsaturated/α-hetero) is 1. The van der Waals surface area contributed by atoms with Crippen molar-refractivity contribution in [2.24, 2.45) is 0 Å². The van der Waals surface area contributed by atoms with Crippen LogP contribution in [0.4, 0.5) is 0 Å². The molecular weight excluding hydrogens is 306 g/mol. The molecule has 0 N–H and O–H groups in total. The molecule has 0 spiro atoms. The number of piperidine rings is 1. The van der Waals surface area contributed by atoms with Gasteiger partial charge in [-0.15, -0.1) is 0 Å². The molecule has 19 heavy (non-hydrogen) atoms. The summed E-state index contributed by atoms with van der Waals surface area (Å²) in [7, 11) is 0. The molecule has 1 aromatic rings. The molecule has 1 aromatic carbocycles. The zero-order valence-electron chi connectivity index (χ0n) is 11.3. The van der Waals surface area contributed by atoms with E-state index in [2.05, 4.69) is 15.9 Å². The first-order valence-electron chi connectivity index (χ1n) is 6.49. The molecule has 1 amide bonds. The van der Waals surface area contributed by atoms with E-state index < -0.39 is 5.54 Å². The molecule has 0 atom stereocenters. The first-order chi connectivity index (χ1) is 8.91. The van der Waals surface area contributed by atoms with Crippen LogP contribution in [-0.4, -0.2) is 28.7 Å². The Morgan fingerprint density at radius 2 is 1.95 bits per heavy atom. The Labute approximate surface area is 122 Å². The van der Waals surface area contributed by atoms with Crippen LogP contribution in [0.15, 0.2) is 28.7 Å². The number of amides is 1. The summed E-state index contributed by atoms with van der Waals surface area (Å²) in [5.41, 5.74) is 0.312. The van der Waals surface area contributed by atoms with Crippen LogP contribution in [0, 0.1) is 0 Å². The third kappa shape index (κ3) is 3.06. The van der Waals surface area contributed by atoms with Crippen molar-refractivity contribution in [1.82, 2.24) is 4.90 Å². The van der Waals surface area contributed by atoms with Crippen LogP contribution in [0.3, 0.4) is 0 Å². The van der Waals surface area contributed by atoms with Crippen molar-refractivity contribution in [3.05, 3.63) is 34.3 Å². The van der Waals surface area contributed by atoms with Crippen LogP contribution >= 0.6 is 15.9 Å². The van der Waals surface area contributed by atoms with Crippen molar-refractivity contribution < 1.29 is 9.59 Å². The largest absolute Gasteiger partial charge is 0.330 e. The number of hydrogen-bond acceptors (Lipinski definition) is 2. The summed E-state index contributed by atoms with van der Waals surface area (Å²) < 4.78 is 0.997. The zero-order chi connectivity index (χ0) is 14.0. The SMILES string of the molecule is CC1(C)C(=O)CCCN1C(=O)Cc1ccc(Br)cc1. The maximum atomic E-state index is 12.4. The molecule has 1 heterocycles. The maximum Gasteiger partial charge on any atom is 0.227 e. The normalized spacial score (nSPS) is 18.5. The van der Waals surface area contributed by atoms with Gasteiger partial charge >= 0.3 is 0 Å². The van der Waals surface area contributed by atoms with E-state index in [-0.39, 0.29) is 11.7 Å². The number of rotatable bonds is 2. The maximum absolute atomic E-state index is 12.4. The third-order valence-electron chi connectivity index (χ3n) is 3.71. The quantitative estimate of drug-likeness (QED) is 0.839. The minimum Gasteiger partial charge on any atom is -0.330 e. The molecule has 4 heteroatoms. The number of ketones is 1. The number of carbonyl (C=O) groups is 2. The second kappa shape index (κ2) is 5.45. The number of carbonyl (C=O) groups excluding carboxylic acids is 2. The minimum atomic E-state index is -0.662. The van der Waals surface area contributed by atoms with Gasteiger partial charge in [0.25, 0.3) is 0 Å². The summed E-state index contributed by atoms with van der Waals surface area (Å²) in [5.74, 6) is 0.184. The summed E-state index contributed by atoms with van der Waals surface area (Å²) in [6, 6.07) is 7.71. The van der Waals surface area contributed by atoms with Gasteiger partial charge < -0.3 is 4.90 Å². The van der Waals surface area contributed by atoms with Crippen molar-refractivity contribution in [2.45, 2.75) is 38.6 Å². The lowest BCUT2D eigenvalue weighted by Crippen LogP contribution is -2.56. The average molecular weight is 324 g/mol. The van der Waals surface area contributed by atoms with Gasteiger partial charge in [-0.2, -0.15) is 0 Å². The number of nitrogens with zero attached hydrogens (tertiary/aromatic N) is 1. The summed E-state index contributed by atoms with van der Waals surface area (Å²) in [4.78, 5) is 26.0. The Bertz CT molecular complexity index is 493. The fraction of sp³-hybridized carbons (Fsp3) is 0.467. The average Bonchev–Trinajstić information content (AvgIpc) is 2.35. The van der Waals surface area contributed by atoms with Gasteiger partial charge in [-0.1, -0.05) is 28.1 Å². The van der Waals surface area contributed by atoms with Crippen molar-refractivity contribution in [3.8, 4) is 0 Å². The fourth-order valence-electron chi connectivity index (χ4n) is 2.44. The van der Waals surface area contributed by atoms with E-state index in [0.717, 1.165) is 16.5 Å². The van der Waals surface area contributed by atoms with Gasteiger partial charge in [0.05, 0.1) is 12.0 Å². The standard InChI is InChI=1S/C15H18BrNO2/c1-15(2)13(18)4-3-9-17(15)14(19)10-11-5-7-12(16)8-6-11/h5-8H,3-4,9-10H2,1-2H3. The summed E-state index contributed by atoms with van der Waals surface area (Å²) in [6.07, 6.45) is 1.70. The molecule has 0 aliphatic carbocycles. The lowest BCUT2D eigenvalue weighted by Gasteiger charge is -2.41. The Hall–Kier alpha value is -1.16. The zero-order valence-corrected chi connectivity index (χ0v) is 12.9. The monoisotopic (exact) mass is 323 g/mol. The van der Waals surface area contributed by atoms with Gasteiger partial charge in [0, 0.05) is 17.4 Å². The lowest BCUT2D eigenvalue weighted by molar-refractivity contribution is -0.147. The van der Waals surface area contributed by atoms with Crippen molar-refractivity contribution >= 4 is 27.6 Å². The van der Waals surface area contributed by atoms with E-state index in [9.17, 15) is 9.59 Å². The van der Waals surface area contributed by atoms with Gasteiger partial charge in [-0.25, -0.2) is 0 Å². The van der Waals surface area contributed by atoms with Crippen molar-refractivity contribution in [3.63, 3.8) is 0 Å². The Morgan fingerprint density at radius 3 is 2.58 bits per heavy atom. The minimum absolute atomic E-state index is 0.0281. The van der Waals surface area contributed by atoms with Crippen LogP contribution < -0.4 is 0 Å². The molecule has 0 saturated carbocycles. The van der Waals surface area contributed by atoms with Crippen LogP contribution in [0.5, 0.6) is 0 Å². The molecule has 1 fully saturated rings. The van der Waals surface area contributed by atoms with E-state index in [4.69, 9.17) is 0 Å². The number of halogens is 1. The Kier molecular flexibility index (Phi) is 4.09. The van der Waals surface area contributed by atoms with Gasteiger partial charge in [0.1, 0.15) is 0 Å². The third-order valence-corrected chi connectivity index (χ3v) is 4.24. The first kappa shape index (κ1) is 14.3. The van der Waals surface area contributed by atoms with E-state index in [1.54, 1.807) is 4.90 Å². The molecule has 0 bridgehead atoms. The summed E-state index contributed by atoms with van der Waals surface area (Å²) in [5, 5.41) is 0. The molecule has 3 nitrogen and oxygen atoms in total. The van der Waals surface area contributed by atoms with Crippen LogP contribution in [0.25, 0.3) is 0 Å². The van der Waals surface area contributed by atoms with Crippen LogP contribution in [-0.2, 0) is 16.0 Å². The van der Waals surface area contributed by atoms with Gasteiger partial charge in [0.2, 0.25) is 5.91 Å². The Balaban J connectivity index is 2.11. The summed E-state index contributed by atoms with van der Waals surface area (Å²) in [6.45, 7) is 4.36. The smallest absolute Gasteiger partial charge is 0.227 e. The van der Waals surface area contributed by atoms with Gasteiger partial charge in [-0.05, 0) is 38.0 Å². The van der Waals surface area contributed by atoms with Crippen LogP contribution in [0.1, 0.15) is 32.3 Å². The Morgan fingerprint density at radius 1 is 1.32 bits per heavy atom. The van der Waals surface area contributed by atoms with E-state index in [0.29, 0.717) is 19.4 Å². The highest BCUT2D eigenvalue weighted by molar-refractivity contribution is 9.10. The molecule has 0 radical (unpaired) electrons. The molecular formula is C15H18BrNO2. The highest BCUT2D eigenvalue weighted by atomic mass is 79.9. The molecule has 0 unspecified atom stereocenters. The molecule has 1 saturated heterocycles. The molecule has 1 aliphatic rings. The number of hydrogen-bond donors (Lipinski definition) is 0. The summed E-state index contributed by atoms with van der Waals surface area (Å²) >= 11 is 3.37. The second-order valence-corrected chi connectivity index (χ2v) is 6.35. The first-order valence-corrected chi connectivity index (χ1v) is 7.29. The topological polar surface area (TPSA) is 37.4 Å². The molecule has 1 aliphatic heterocycles. The molecule has 102 valence electrons. The van der Waals surface area contributed by atoms with Crippen molar-refractivity contribution in [1.29, 1.82) is 0 Å². The predicted molar refractivity (Wildman–Crippen MR) is 77.9 cm³/mol. The highest BCUT2D eigenvalue weighted by Crippen LogP contribution is 2.25. The van der Waals surface area contributed by atoms with E-state index in [1.807, 2.05) is 38.1 Å². The van der Waals surface area contributed by atoms with Gasteiger partial charge in [0.15, 0.2) is 5.78 Å². The number of likely N-dealkylation sites (tertiary alicyclic amines) is 1. The molecule has 2 rings (SSSR count). The molecule has 0 aromatic heterocycles. The van der Waals surface area contributed by atoms with Crippen LogP contribution in [0.2, 0.25) is 0 Å². The van der Waals surface area contributed by atoms with E-state index >= 15 is 0 Å². The lowest BCUT2D eigenvalue weighted by atomic mass is 9.88. The fourth-order valence-corrected chi connectivity index (χ4v) is 2.71. The highest BCUT2D eigenvalue weighted by Gasteiger charge is 2.39. The predicted octanol–water partition coefficient (Wildman–Crippen LogP) is 2.96. The second-order valence-electron chi connectivity index (χ2n) is 5.43. The van der Waals surface area contributed by atoms with Crippen molar-refractivity contribution in [2.75, 3.05) is 6.54 Å².